The molecular formula is C15H16N2O4S. The van der Waals surface area contributed by atoms with Crippen LogP contribution in [0.2, 0.25) is 0 Å². The topological polar surface area (TPSA) is 93.6 Å². The van der Waals surface area contributed by atoms with Crippen LogP contribution < -0.4 is 5.14 Å². The van der Waals surface area contributed by atoms with Crippen molar-refractivity contribution in [2.75, 3.05) is 6.54 Å². The van der Waals surface area contributed by atoms with E-state index in [0.717, 1.165) is 18.4 Å². The number of amides is 1. The summed E-state index contributed by atoms with van der Waals surface area (Å²) in [5.74, 6) is -0.326. The van der Waals surface area contributed by atoms with E-state index in [1.165, 1.54) is 12.1 Å². The van der Waals surface area contributed by atoms with E-state index in [0.29, 0.717) is 6.54 Å². The predicted octanol–water partition coefficient (Wildman–Crippen LogP) is 1.90. The van der Waals surface area contributed by atoms with Gasteiger partial charge in [-0.25, -0.2) is 13.6 Å². The summed E-state index contributed by atoms with van der Waals surface area (Å²) in [6.07, 6.45) is 1.77. The molecule has 2 heterocycles. The smallest absolute Gasteiger partial charge is 0.290 e. The first kappa shape index (κ1) is 14.8. The average molecular weight is 320 g/mol. The van der Waals surface area contributed by atoms with Gasteiger partial charge in [-0.15, -0.1) is 0 Å². The number of rotatable bonds is 3. The van der Waals surface area contributed by atoms with Crippen LogP contribution in [-0.4, -0.2) is 25.8 Å². The number of furan rings is 1. The van der Waals surface area contributed by atoms with Gasteiger partial charge in [0, 0.05) is 6.54 Å². The van der Waals surface area contributed by atoms with Crippen molar-refractivity contribution in [3.8, 4) is 0 Å². The lowest BCUT2D eigenvalue weighted by Crippen LogP contribution is -2.30. The van der Waals surface area contributed by atoms with Gasteiger partial charge < -0.3 is 9.32 Å². The predicted molar refractivity (Wildman–Crippen MR) is 79.5 cm³/mol. The second-order valence-electron chi connectivity index (χ2n) is 5.23. The molecular weight excluding hydrogens is 304 g/mol. The van der Waals surface area contributed by atoms with Crippen molar-refractivity contribution in [2.24, 2.45) is 5.14 Å². The maximum Gasteiger partial charge on any atom is 0.290 e. The molecule has 6 nitrogen and oxygen atoms in total. The molecule has 7 heteroatoms. The molecule has 3 rings (SSSR count). The fourth-order valence-corrected chi connectivity index (χ4v) is 3.22. The number of carbonyl (C=O) groups is 1. The Morgan fingerprint density at radius 3 is 2.55 bits per heavy atom. The van der Waals surface area contributed by atoms with Gasteiger partial charge in [0.2, 0.25) is 5.09 Å². The highest BCUT2D eigenvalue weighted by Gasteiger charge is 2.32. The van der Waals surface area contributed by atoms with Crippen molar-refractivity contribution < 1.29 is 17.6 Å². The molecule has 2 N–H and O–H groups in total. The summed E-state index contributed by atoms with van der Waals surface area (Å²) >= 11 is 0. The molecule has 0 unspecified atom stereocenters. The molecule has 0 bridgehead atoms. The van der Waals surface area contributed by atoms with Crippen molar-refractivity contribution in [1.82, 2.24) is 4.90 Å². The summed E-state index contributed by atoms with van der Waals surface area (Å²) in [4.78, 5) is 14.3. The fraction of sp³-hybridized carbons (Fsp3) is 0.267. The number of hydrogen-bond acceptors (Lipinski definition) is 4. The highest BCUT2D eigenvalue weighted by atomic mass is 32.2. The largest absolute Gasteiger partial charge is 0.438 e. The monoisotopic (exact) mass is 320 g/mol. The molecule has 1 fully saturated rings. The van der Waals surface area contributed by atoms with Crippen LogP contribution in [0.5, 0.6) is 0 Å². The molecule has 116 valence electrons. The number of likely N-dealkylation sites (tertiary alicyclic amines) is 1. The molecule has 0 spiro atoms. The van der Waals surface area contributed by atoms with Gasteiger partial charge in [-0.3, -0.25) is 4.79 Å². The second-order valence-corrected chi connectivity index (χ2v) is 6.72. The first-order chi connectivity index (χ1) is 10.5. The first-order valence-electron chi connectivity index (χ1n) is 6.95. The number of sulfonamides is 1. The Hall–Kier alpha value is -2.12. The third-order valence-electron chi connectivity index (χ3n) is 3.77. The van der Waals surface area contributed by atoms with E-state index < -0.39 is 15.1 Å². The van der Waals surface area contributed by atoms with E-state index in [2.05, 4.69) is 0 Å². The molecule has 1 aromatic carbocycles. The quantitative estimate of drug-likeness (QED) is 0.934. The van der Waals surface area contributed by atoms with Crippen LogP contribution in [0.1, 0.15) is 35.0 Å². The SMILES string of the molecule is NS(=O)(=O)c1ccc(C(=O)N2CCC[C@@H]2c2ccccc2)o1. The van der Waals surface area contributed by atoms with Crippen LogP contribution in [-0.2, 0) is 10.0 Å². The number of nitrogens with zero attached hydrogens (tertiary/aromatic N) is 1. The summed E-state index contributed by atoms with van der Waals surface area (Å²) in [6.45, 7) is 0.615. The van der Waals surface area contributed by atoms with Crippen molar-refractivity contribution >= 4 is 15.9 Å². The zero-order valence-corrected chi connectivity index (χ0v) is 12.6. The van der Waals surface area contributed by atoms with Crippen molar-refractivity contribution in [3.63, 3.8) is 0 Å². The Morgan fingerprint density at radius 2 is 1.91 bits per heavy atom. The minimum Gasteiger partial charge on any atom is -0.438 e. The second kappa shape index (κ2) is 5.58. The summed E-state index contributed by atoms with van der Waals surface area (Å²) in [7, 11) is -3.94. The third-order valence-corrected chi connectivity index (χ3v) is 4.55. The highest BCUT2D eigenvalue weighted by Crippen LogP contribution is 2.33. The molecule has 2 aromatic rings. The van der Waals surface area contributed by atoms with E-state index in [1.54, 1.807) is 4.90 Å². The normalized spacial score (nSPS) is 18.6. The number of primary sulfonamides is 1. The molecule has 0 radical (unpaired) electrons. The van der Waals surface area contributed by atoms with Gasteiger partial charge in [0.15, 0.2) is 5.76 Å². The van der Waals surface area contributed by atoms with E-state index in [-0.39, 0.29) is 17.7 Å². The Balaban J connectivity index is 1.87. The standard InChI is InChI=1S/C15H16N2O4S/c16-22(19,20)14-9-8-13(21-14)15(18)17-10-4-7-12(17)11-5-2-1-3-6-11/h1-3,5-6,8-9,12H,4,7,10H2,(H2,16,19,20)/t12-/m1/s1. The molecule has 1 aliphatic rings. The average Bonchev–Trinajstić information content (AvgIpc) is 3.16. The summed E-state index contributed by atoms with van der Waals surface area (Å²) in [6, 6.07) is 12.3. The van der Waals surface area contributed by atoms with Crippen LogP contribution in [0.15, 0.2) is 52.0 Å². The van der Waals surface area contributed by atoms with E-state index in [1.807, 2.05) is 30.3 Å². The maximum atomic E-state index is 12.6. The van der Waals surface area contributed by atoms with Gasteiger partial charge in [0.25, 0.3) is 15.9 Å². The van der Waals surface area contributed by atoms with Crippen LogP contribution in [0.25, 0.3) is 0 Å². The highest BCUT2D eigenvalue weighted by molar-refractivity contribution is 7.89. The molecule has 0 aliphatic carbocycles. The van der Waals surface area contributed by atoms with Crippen LogP contribution in [0, 0.1) is 0 Å². The third kappa shape index (κ3) is 2.77. The number of hydrogen-bond donors (Lipinski definition) is 1. The van der Waals surface area contributed by atoms with E-state index in [9.17, 15) is 13.2 Å². The van der Waals surface area contributed by atoms with Gasteiger partial charge in [0.1, 0.15) is 0 Å². The molecule has 22 heavy (non-hydrogen) atoms. The van der Waals surface area contributed by atoms with Gasteiger partial charge in [0.05, 0.1) is 6.04 Å². The number of nitrogens with two attached hydrogens (primary N) is 1. The first-order valence-corrected chi connectivity index (χ1v) is 8.50. The molecule has 1 aromatic heterocycles. The summed E-state index contributed by atoms with van der Waals surface area (Å²) in [5.41, 5.74) is 1.06. The van der Waals surface area contributed by atoms with Crippen molar-refractivity contribution in [1.29, 1.82) is 0 Å². The lowest BCUT2D eigenvalue weighted by Gasteiger charge is -2.24. The van der Waals surface area contributed by atoms with Crippen molar-refractivity contribution in [2.45, 2.75) is 24.0 Å². The molecule has 1 saturated heterocycles. The van der Waals surface area contributed by atoms with Crippen LogP contribution >= 0.6 is 0 Å². The lowest BCUT2D eigenvalue weighted by molar-refractivity contribution is 0.0697. The Bertz CT molecular complexity index is 783. The van der Waals surface area contributed by atoms with E-state index >= 15 is 0 Å². The number of benzene rings is 1. The number of carbonyl (C=O) groups excluding carboxylic acids is 1. The lowest BCUT2D eigenvalue weighted by atomic mass is 10.0. The zero-order chi connectivity index (χ0) is 15.7. The summed E-state index contributed by atoms with van der Waals surface area (Å²) < 4.78 is 27.6. The fourth-order valence-electron chi connectivity index (χ4n) is 2.76. The Kier molecular flexibility index (Phi) is 3.76. The molecule has 1 amide bonds. The van der Waals surface area contributed by atoms with Crippen LogP contribution in [0.3, 0.4) is 0 Å². The van der Waals surface area contributed by atoms with Gasteiger partial charge >= 0.3 is 0 Å². The molecule has 0 saturated carbocycles. The Morgan fingerprint density at radius 1 is 1.18 bits per heavy atom. The maximum absolute atomic E-state index is 12.6. The minimum atomic E-state index is -3.94. The van der Waals surface area contributed by atoms with E-state index in [4.69, 9.17) is 9.56 Å². The van der Waals surface area contributed by atoms with Gasteiger partial charge in [-0.1, -0.05) is 30.3 Å². The zero-order valence-electron chi connectivity index (χ0n) is 11.8. The van der Waals surface area contributed by atoms with Crippen molar-refractivity contribution in [3.05, 3.63) is 53.8 Å². The summed E-state index contributed by atoms with van der Waals surface area (Å²) in [5, 5.41) is 4.60. The minimum absolute atomic E-state index is 0.00754. The Labute approximate surface area is 128 Å². The van der Waals surface area contributed by atoms with Crippen LogP contribution in [0.4, 0.5) is 0 Å². The molecule has 1 atom stereocenters. The van der Waals surface area contributed by atoms with Gasteiger partial charge in [-0.05, 0) is 30.5 Å². The molecule has 1 aliphatic heterocycles. The van der Waals surface area contributed by atoms with Gasteiger partial charge in [-0.2, -0.15) is 0 Å².